The molecule has 39 heavy (non-hydrogen) atoms. The number of aliphatic carboxylic acids is 1. The van der Waals surface area contributed by atoms with Gasteiger partial charge in [-0.25, -0.2) is 8.78 Å². The summed E-state index contributed by atoms with van der Waals surface area (Å²) in [5.41, 5.74) is -0.243. The molecule has 0 spiro atoms. The number of ether oxygens (including phenoxy) is 2. The number of carboxylic acids is 1. The van der Waals surface area contributed by atoms with Crippen LogP contribution in [0.5, 0.6) is 11.5 Å². The number of hydrogen-bond donors (Lipinski definition) is 1. The average Bonchev–Trinajstić information content (AvgIpc) is 3.36. The molecule has 2 aliphatic heterocycles. The van der Waals surface area contributed by atoms with Crippen LogP contribution in [0.1, 0.15) is 23.1 Å². The summed E-state index contributed by atoms with van der Waals surface area (Å²) < 4.78 is 81.8. The van der Waals surface area contributed by atoms with E-state index in [1.807, 2.05) is 4.90 Å². The minimum absolute atomic E-state index is 0.0821. The molecular weight excluding hydrogens is 521 g/mol. The second kappa shape index (κ2) is 10.7. The van der Waals surface area contributed by atoms with Gasteiger partial charge in [-0.05, 0) is 47.9 Å². The van der Waals surface area contributed by atoms with Crippen molar-refractivity contribution in [3.8, 4) is 22.6 Å². The zero-order valence-electron chi connectivity index (χ0n) is 20.6. The van der Waals surface area contributed by atoms with Crippen molar-refractivity contribution in [2.75, 3.05) is 26.2 Å². The zero-order valence-corrected chi connectivity index (χ0v) is 20.6. The first-order valence-corrected chi connectivity index (χ1v) is 12.3. The molecule has 204 valence electrons. The normalized spacial score (nSPS) is 17.4. The number of likely N-dealkylation sites (tertiary alicyclic amines) is 1. The van der Waals surface area contributed by atoms with Gasteiger partial charge in [-0.2, -0.15) is 13.2 Å². The molecule has 1 saturated heterocycles. The fourth-order valence-electron chi connectivity index (χ4n) is 4.88. The van der Waals surface area contributed by atoms with E-state index in [9.17, 15) is 31.9 Å². The van der Waals surface area contributed by atoms with E-state index in [4.69, 9.17) is 9.47 Å². The first-order valence-electron chi connectivity index (χ1n) is 12.3. The summed E-state index contributed by atoms with van der Waals surface area (Å²) in [7, 11) is 0. The second-order valence-corrected chi connectivity index (χ2v) is 9.61. The van der Waals surface area contributed by atoms with Crippen LogP contribution in [-0.2, 0) is 17.6 Å². The number of benzene rings is 3. The molecule has 5 nitrogen and oxygen atoms in total. The summed E-state index contributed by atoms with van der Waals surface area (Å²) in [4.78, 5) is 13.2. The molecule has 0 amide bonds. The zero-order chi connectivity index (χ0) is 27.7. The van der Waals surface area contributed by atoms with Gasteiger partial charge in [0.2, 0.25) is 0 Å². The number of hydrogen-bond acceptors (Lipinski definition) is 4. The second-order valence-electron chi connectivity index (χ2n) is 9.61. The summed E-state index contributed by atoms with van der Waals surface area (Å²) in [6.07, 6.45) is -2.50. The van der Waals surface area contributed by atoms with Crippen molar-refractivity contribution >= 4 is 12.0 Å². The Morgan fingerprint density at radius 1 is 1.05 bits per heavy atom. The van der Waals surface area contributed by atoms with Crippen LogP contribution in [-0.4, -0.2) is 42.2 Å². The molecule has 10 heteroatoms. The van der Waals surface area contributed by atoms with Crippen molar-refractivity contribution in [2.24, 2.45) is 5.92 Å². The van der Waals surface area contributed by atoms with E-state index >= 15 is 0 Å². The van der Waals surface area contributed by atoms with Crippen LogP contribution >= 0.6 is 0 Å². The summed E-state index contributed by atoms with van der Waals surface area (Å²) in [6.45, 7) is 1.43. The Hall–Kier alpha value is -3.92. The van der Waals surface area contributed by atoms with Crippen LogP contribution in [0, 0.1) is 17.6 Å². The standard InChI is InChI=1S/C29H24F5NO4/c30-25-4-2-1-3-22(25)21-6-5-17(10-24(21)29(32,33)34)15-38-20-11-26(31)23-9-18(16-39-27(23)12-20)13-35-8-7-19(14-35)28(36)37/h1-6,9-12,19H,7-8,13-16H2,(H,36,37)/t19-/m1/s1. The lowest BCUT2D eigenvalue weighted by Gasteiger charge is -2.23. The molecule has 1 fully saturated rings. The quantitative estimate of drug-likeness (QED) is 0.348. The highest BCUT2D eigenvalue weighted by Crippen LogP contribution is 2.39. The molecule has 1 atom stereocenters. The van der Waals surface area contributed by atoms with Gasteiger partial charge in [-0.3, -0.25) is 9.69 Å². The number of halogens is 5. The van der Waals surface area contributed by atoms with Crippen LogP contribution in [0.15, 0.2) is 60.2 Å². The Kier molecular flexibility index (Phi) is 7.31. The molecule has 0 unspecified atom stereocenters. The van der Waals surface area contributed by atoms with Gasteiger partial charge in [0, 0.05) is 30.8 Å². The highest BCUT2D eigenvalue weighted by Gasteiger charge is 2.34. The molecule has 0 aromatic heterocycles. The topological polar surface area (TPSA) is 59.0 Å². The van der Waals surface area contributed by atoms with Gasteiger partial charge in [0.15, 0.2) is 0 Å². The number of alkyl halides is 3. The molecule has 0 bridgehead atoms. The Labute approximate surface area is 221 Å². The number of carboxylic acid groups (broad SMARTS) is 1. The highest BCUT2D eigenvalue weighted by atomic mass is 19.4. The summed E-state index contributed by atoms with van der Waals surface area (Å²) in [5, 5.41) is 9.17. The fourth-order valence-corrected chi connectivity index (χ4v) is 4.88. The number of rotatable bonds is 7. The van der Waals surface area contributed by atoms with Crippen molar-refractivity contribution in [3.63, 3.8) is 0 Å². The van der Waals surface area contributed by atoms with Gasteiger partial charge >= 0.3 is 12.1 Å². The molecular formula is C29H24F5NO4. The third kappa shape index (κ3) is 5.90. The Bertz CT molecular complexity index is 1440. The van der Waals surface area contributed by atoms with Gasteiger partial charge in [0.25, 0.3) is 0 Å². The molecule has 5 rings (SSSR count). The molecule has 3 aromatic carbocycles. The van der Waals surface area contributed by atoms with E-state index in [0.29, 0.717) is 26.1 Å². The maximum atomic E-state index is 14.9. The van der Waals surface area contributed by atoms with E-state index < -0.39 is 35.3 Å². The van der Waals surface area contributed by atoms with Crippen LogP contribution in [0.25, 0.3) is 17.2 Å². The minimum atomic E-state index is -4.73. The van der Waals surface area contributed by atoms with Crippen LogP contribution in [0.3, 0.4) is 0 Å². The van der Waals surface area contributed by atoms with Crippen molar-refractivity contribution in [3.05, 3.63) is 88.5 Å². The number of nitrogens with zero attached hydrogens (tertiary/aromatic N) is 1. The van der Waals surface area contributed by atoms with E-state index in [2.05, 4.69) is 0 Å². The lowest BCUT2D eigenvalue weighted by molar-refractivity contribution is -0.141. The SMILES string of the molecule is O=C(O)[C@@H]1CCN(CC2=Cc3c(F)cc(OCc4ccc(-c5ccccc5F)c(C(F)(F)F)c4)cc3OC2)C1. The largest absolute Gasteiger partial charge is 0.489 e. The van der Waals surface area contributed by atoms with E-state index in [1.165, 1.54) is 36.4 Å². The summed E-state index contributed by atoms with van der Waals surface area (Å²) >= 11 is 0. The lowest BCUT2D eigenvalue weighted by atomic mass is 9.97. The predicted octanol–water partition coefficient (Wildman–Crippen LogP) is 6.41. The maximum Gasteiger partial charge on any atom is 0.417 e. The molecule has 0 saturated carbocycles. The van der Waals surface area contributed by atoms with Crippen molar-refractivity contribution in [1.29, 1.82) is 0 Å². The van der Waals surface area contributed by atoms with E-state index in [1.54, 1.807) is 6.08 Å². The Morgan fingerprint density at radius 2 is 1.85 bits per heavy atom. The molecule has 2 heterocycles. The molecule has 0 aliphatic carbocycles. The number of fused-ring (bicyclic) bond motifs is 1. The molecule has 0 radical (unpaired) electrons. The van der Waals surface area contributed by atoms with Crippen LogP contribution in [0.4, 0.5) is 22.0 Å². The first kappa shape index (κ1) is 26.7. The van der Waals surface area contributed by atoms with Gasteiger partial charge in [0.05, 0.1) is 17.0 Å². The van der Waals surface area contributed by atoms with Gasteiger partial charge in [-0.1, -0.05) is 30.3 Å². The summed E-state index contributed by atoms with van der Waals surface area (Å²) in [5.74, 6) is -2.30. The molecule has 2 aliphatic rings. The highest BCUT2D eigenvalue weighted by molar-refractivity contribution is 5.71. The van der Waals surface area contributed by atoms with Crippen molar-refractivity contribution < 1.29 is 41.3 Å². The third-order valence-electron chi connectivity index (χ3n) is 6.83. The van der Waals surface area contributed by atoms with Gasteiger partial charge < -0.3 is 14.6 Å². The fraction of sp³-hybridized carbons (Fsp3) is 0.276. The molecule has 3 aromatic rings. The monoisotopic (exact) mass is 545 g/mol. The Balaban J connectivity index is 1.30. The Morgan fingerprint density at radius 3 is 2.56 bits per heavy atom. The van der Waals surface area contributed by atoms with Gasteiger partial charge in [-0.15, -0.1) is 0 Å². The third-order valence-corrected chi connectivity index (χ3v) is 6.83. The first-order chi connectivity index (χ1) is 18.6. The summed E-state index contributed by atoms with van der Waals surface area (Å²) in [6, 6.07) is 11.3. The molecule has 1 N–H and O–H groups in total. The number of carbonyl (C=O) groups is 1. The van der Waals surface area contributed by atoms with Crippen LogP contribution in [0.2, 0.25) is 0 Å². The van der Waals surface area contributed by atoms with E-state index in [0.717, 1.165) is 23.8 Å². The van der Waals surface area contributed by atoms with Crippen molar-refractivity contribution in [2.45, 2.75) is 19.2 Å². The minimum Gasteiger partial charge on any atom is -0.489 e. The van der Waals surface area contributed by atoms with Gasteiger partial charge in [0.1, 0.15) is 36.3 Å². The van der Waals surface area contributed by atoms with Crippen molar-refractivity contribution in [1.82, 2.24) is 4.90 Å². The maximum absolute atomic E-state index is 14.9. The average molecular weight is 546 g/mol. The smallest absolute Gasteiger partial charge is 0.417 e. The predicted molar refractivity (Wildman–Crippen MR) is 133 cm³/mol. The lowest BCUT2D eigenvalue weighted by Crippen LogP contribution is -2.27. The van der Waals surface area contributed by atoms with E-state index in [-0.39, 0.29) is 47.0 Å². The van der Waals surface area contributed by atoms with Crippen LogP contribution < -0.4 is 9.47 Å².